The Morgan fingerprint density at radius 1 is 1.18 bits per heavy atom. The average Bonchev–Trinajstić information content (AvgIpc) is 3.23. The quantitative estimate of drug-likeness (QED) is 0.416. The van der Waals surface area contributed by atoms with Gasteiger partial charge in [0.05, 0.1) is 12.5 Å². The van der Waals surface area contributed by atoms with E-state index >= 15 is 0 Å². The van der Waals surface area contributed by atoms with Gasteiger partial charge in [-0.2, -0.15) is 0 Å². The van der Waals surface area contributed by atoms with Crippen LogP contribution in [0, 0.1) is 13.8 Å². The number of benzene rings is 1. The van der Waals surface area contributed by atoms with Crippen LogP contribution in [0.2, 0.25) is 0 Å². The number of nitrogens with one attached hydrogen (secondary N) is 2. The number of aldehydes is 1. The number of rotatable bonds is 8. The van der Waals surface area contributed by atoms with Gasteiger partial charge in [0.25, 0.3) is 5.91 Å². The van der Waals surface area contributed by atoms with E-state index < -0.39 is 18.1 Å². The minimum atomic E-state index is -1.12. The van der Waals surface area contributed by atoms with Crippen LogP contribution in [0.5, 0.6) is 5.75 Å². The summed E-state index contributed by atoms with van der Waals surface area (Å²) in [7, 11) is 0. The smallest absolute Gasteiger partial charge is 0.305 e. The molecule has 34 heavy (non-hydrogen) atoms. The van der Waals surface area contributed by atoms with Crippen molar-refractivity contribution in [3.8, 4) is 5.75 Å². The van der Waals surface area contributed by atoms with Crippen LogP contribution in [0.3, 0.4) is 0 Å². The molecular weight excluding hydrogens is 442 g/mol. The molecule has 1 aromatic carbocycles. The van der Waals surface area contributed by atoms with Gasteiger partial charge in [0.15, 0.2) is 0 Å². The summed E-state index contributed by atoms with van der Waals surface area (Å²) in [6.07, 6.45) is 2.33. The highest BCUT2D eigenvalue weighted by Gasteiger charge is 2.29. The Hall–Kier alpha value is -3.43. The van der Waals surface area contributed by atoms with Crippen molar-refractivity contribution in [1.82, 2.24) is 15.5 Å². The molecular formula is C24H37N3O7. The zero-order chi connectivity index (χ0) is 26.4. The zero-order valence-electron chi connectivity index (χ0n) is 20.8. The maximum Gasteiger partial charge on any atom is 0.305 e. The van der Waals surface area contributed by atoms with Gasteiger partial charge in [0.2, 0.25) is 12.3 Å². The molecule has 1 saturated heterocycles. The number of nitrogens with zero attached hydrogens (tertiary/aromatic N) is 1. The van der Waals surface area contributed by atoms with Gasteiger partial charge in [-0.1, -0.05) is 13.8 Å². The van der Waals surface area contributed by atoms with E-state index in [1.54, 1.807) is 32.9 Å². The summed E-state index contributed by atoms with van der Waals surface area (Å²) in [5.41, 5.74) is 1.76. The van der Waals surface area contributed by atoms with Gasteiger partial charge in [-0.25, -0.2) is 0 Å². The van der Waals surface area contributed by atoms with E-state index in [9.17, 15) is 29.1 Å². The van der Waals surface area contributed by atoms with Gasteiger partial charge >= 0.3 is 5.97 Å². The minimum absolute atomic E-state index is 0.0365. The van der Waals surface area contributed by atoms with Crippen molar-refractivity contribution in [2.24, 2.45) is 0 Å². The predicted octanol–water partition coefficient (Wildman–Crippen LogP) is 1.94. The average molecular weight is 480 g/mol. The van der Waals surface area contributed by atoms with Crippen LogP contribution in [0.4, 0.5) is 0 Å². The summed E-state index contributed by atoms with van der Waals surface area (Å²) in [4.78, 5) is 56.1. The van der Waals surface area contributed by atoms with Crippen LogP contribution >= 0.6 is 0 Å². The van der Waals surface area contributed by atoms with Gasteiger partial charge in [0, 0.05) is 18.2 Å². The van der Waals surface area contributed by atoms with Gasteiger partial charge in [-0.3, -0.25) is 19.2 Å². The summed E-state index contributed by atoms with van der Waals surface area (Å²) < 4.78 is 0. The van der Waals surface area contributed by atoms with E-state index in [4.69, 9.17) is 5.11 Å². The van der Waals surface area contributed by atoms with Crippen molar-refractivity contribution >= 4 is 30.5 Å². The fraction of sp³-hybridized carbons (Fsp3) is 0.542. The third-order valence-electron chi connectivity index (χ3n) is 5.15. The highest BCUT2D eigenvalue weighted by Crippen LogP contribution is 2.23. The Morgan fingerprint density at radius 3 is 2.15 bits per heavy atom. The second-order valence-electron chi connectivity index (χ2n) is 7.80. The van der Waals surface area contributed by atoms with Crippen LogP contribution in [0.15, 0.2) is 12.1 Å². The Labute approximate surface area is 200 Å². The lowest BCUT2D eigenvalue weighted by Gasteiger charge is -2.25. The van der Waals surface area contributed by atoms with E-state index in [-0.39, 0.29) is 30.0 Å². The molecule has 1 aliphatic heterocycles. The lowest BCUT2D eigenvalue weighted by molar-refractivity contribution is -0.138. The number of aromatic hydroxyl groups is 1. The number of hydrogen-bond donors (Lipinski definition) is 4. The van der Waals surface area contributed by atoms with Crippen molar-refractivity contribution in [3.05, 3.63) is 28.8 Å². The van der Waals surface area contributed by atoms with Gasteiger partial charge in [-0.15, -0.1) is 0 Å². The molecule has 10 heteroatoms. The number of aliphatic carboxylic acids is 1. The first-order chi connectivity index (χ1) is 16.0. The number of carboxylic acid groups (broad SMARTS) is 1. The third kappa shape index (κ3) is 9.60. The first-order valence-electron chi connectivity index (χ1n) is 11.3. The molecule has 2 rings (SSSR count). The van der Waals surface area contributed by atoms with Crippen LogP contribution < -0.4 is 10.6 Å². The maximum atomic E-state index is 12.4. The molecule has 3 atom stereocenters. The van der Waals surface area contributed by atoms with E-state index in [1.807, 2.05) is 31.0 Å². The van der Waals surface area contributed by atoms with Gasteiger partial charge in [0.1, 0.15) is 18.1 Å². The fourth-order valence-electron chi connectivity index (χ4n) is 3.36. The summed E-state index contributed by atoms with van der Waals surface area (Å²) >= 11 is 0. The van der Waals surface area contributed by atoms with Crippen molar-refractivity contribution in [2.75, 3.05) is 6.54 Å². The molecule has 0 radical (unpaired) electrons. The third-order valence-corrected chi connectivity index (χ3v) is 5.15. The molecule has 0 aliphatic carbocycles. The Bertz CT molecular complexity index is 834. The Kier molecular flexibility index (Phi) is 13.9. The van der Waals surface area contributed by atoms with Crippen molar-refractivity contribution in [3.63, 3.8) is 0 Å². The minimum Gasteiger partial charge on any atom is -0.507 e. The second kappa shape index (κ2) is 15.4. The number of phenols is 1. The molecule has 1 aliphatic rings. The van der Waals surface area contributed by atoms with Gasteiger partial charge < -0.3 is 30.5 Å². The molecule has 1 unspecified atom stereocenters. The number of carboxylic acids is 1. The van der Waals surface area contributed by atoms with Crippen molar-refractivity contribution in [1.29, 1.82) is 0 Å². The lowest BCUT2D eigenvalue weighted by Crippen LogP contribution is -2.48. The van der Waals surface area contributed by atoms with E-state index in [2.05, 4.69) is 5.32 Å². The summed E-state index contributed by atoms with van der Waals surface area (Å²) in [5, 5.41) is 22.7. The molecule has 3 amide bonds. The number of phenolic OH excluding ortho intramolecular Hbond substituents is 1. The van der Waals surface area contributed by atoms with E-state index in [0.29, 0.717) is 29.4 Å². The highest BCUT2D eigenvalue weighted by molar-refractivity contribution is 5.98. The molecule has 1 aromatic rings. The number of carbonyl (C=O) groups excluding carboxylic acids is 4. The molecule has 1 fully saturated rings. The monoisotopic (exact) mass is 479 g/mol. The maximum absolute atomic E-state index is 12.4. The summed E-state index contributed by atoms with van der Waals surface area (Å²) in [5.74, 6) is -1.25. The molecule has 0 saturated carbocycles. The van der Waals surface area contributed by atoms with Crippen LogP contribution in [0.25, 0.3) is 0 Å². The number of aryl methyl sites for hydroxylation is 2. The normalized spacial score (nSPS) is 15.9. The first kappa shape index (κ1) is 30.6. The molecule has 190 valence electrons. The van der Waals surface area contributed by atoms with E-state index in [1.165, 1.54) is 0 Å². The molecule has 0 bridgehead atoms. The number of hydrogen-bond acceptors (Lipinski definition) is 6. The standard InChI is InChI=1S/C17H24N2O3.C5H7NO4.C2H6/c1-10-8-14(9-11(2)15(10)20)16(21)18-13(4)17(22)19-7-5-6-12(19)3;7-2-4(6-3-8)1-5(9)10;1-2/h8-9,12-13,20H,5-7H2,1-4H3,(H,18,21);2-4H,1H2,(H,6,8)(H,9,10);1-2H3/t12?,13-;4-;/m00./s1. The van der Waals surface area contributed by atoms with Crippen LogP contribution in [0.1, 0.15) is 68.4 Å². The van der Waals surface area contributed by atoms with Gasteiger partial charge in [-0.05, 0) is 63.8 Å². The fourth-order valence-corrected chi connectivity index (χ4v) is 3.36. The predicted molar refractivity (Wildman–Crippen MR) is 128 cm³/mol. The lowest BCUT2D eigenvalue weighted by atomic mass is 10.0. The molecule has 10 nitrogen and oxygen atoms in total. The Morgan fingerprint density at radius 2 is 1.74 bits per heavy atom. The summed E-state index contributed by atoms with van der Waals surface area (Å²) in [6.45, 7) is 12.0. The summed E-state index contributed by atoms with van der Waals surface area (Å²) in [6, 6.07) is 2.04. The van der Waals surface area contributed by atoms with Crippen LogP contribution in [-0.4, -0.2) is 70.3 Å². The first-order valence-corrected chi connectivity index (χ1v) is 11.3. The van der Waals surface area contributed by atoms with Crippen molar-refractivity contribution in [2.45, 2.75) is 78.9 Å². The number of carbonyl (C=O) groups is 5. The number of amides is 3. The molecule has 1 heterocycles. The SMILES string of the molecule is CC.Cc1cc(C(=O)N[C@@H](C)C(=O)N2CCCC2C)cc(C)c1O.O=CN[C@H](C=O)CC(=O)O. The van der Waals surface area contributed by atoms with Crippen LogP contribution in [-0.2, 0) is 19.2 Å². The molecule has 0 aromatic heterocycles. The zero-order valence-corrected chi connectivity index (χ0v) is 20.8. The highest BCUT2D eigenvalue weighted by atomic mass is 16.4. The number of likely N-dealkylation sites (tertiary alicyclic amines) is 1. The van der Waals surface area contributed by atoms with E-state index in [0.717, 1.165) is 19.4 Å². The molecule has 0 spiro atoms. The topological polar surface area (TPSA) is 153 Å². The molecule has 4 N–H and O–H groups in total. The van der Waals surface area contributed by atoms with Crippen molar-refractivity contribution < 1.29 is 34.2 Å². The second-order valence-corrected chi connectivity index (χ2v) is 7.80. The Balaban J connectivity index is 0.000000767. The largest absolute Gasteiger partial charge is 0.507 e.